The van der Waals surface area contributed by atoms with Crippen molar-refractivity contribution in [1.29, 1.82) is 0 Å². The van der Waals surface area contributed by atoms with Crippen molar-refractivity contribution in [1.82, 2.24) is 4.57 Å². The zero-order valence-corrected chi connectivity index (χ0v) is 16.6. The van der Waals surface area contributed by atoms with Gasteiger partial charge < -0.3 is 9.30 Å². The molecule has 1 aromatic heterocycles. The van der Waals surface area contributed by atoms with Crippen LogP contribution in [-0.4, -0.2) is 17.1 Å². The Labute approximate surface area is 160 Å². The first-order valence-electron chi connectivity index (χ1n) is 8.46. The summed E-state index contributed by atoms with van der Waals surface area (Å²) in [5.74, 6) is -0.590. The van der Waals surface area contributed by atoms with E-state index in [9.17, 15) is 9.59 Å². The molecule has 0 aliphatic rings. The monoisotopic (exact) mass is 413 g/mol. The molecule has 0 spiro atoms. The molecule has 3 aromatic rings. The Hall–Kier alpha value is -2.40. The Morgan fingerprint density at radius 2 is 1.88 bits per heavy atom. The molecule has 0 bridgehead atoms. The second-order valence-corrected chi connectivity index (χ2v) is 7.22. The number of hydrogen-bond donors (Lipinski definition) is 0. The first-order valence-corrected chi connectivity index (χ1v) is 9.26. The van der Waals surface area contributed by atoms with Gasteiger partial charge in [0.05, 0.1) is 12.1 Å². The first-order chi connectivity index (χ1) is 12.4. The van der Waals surface area contributed by atoms with Crippen LogP contribution in [0.1, 0.15) is 34.0 Å². The number of ether oxygens (including phenoxy) is 1. The average molecular weight is 414 g/mol. The zero-order valence-electron chi connectivity index (χ0n) is 15.0. The van der Waals surface area contributed by atoms with Gasteiger partial charge in [0.2, 0.25) is 5.43 Å². The molecule has 0 aliphatic carbocycles. The molecule has 0 saturated carbocycles. The molecule has 0 radical (unpaired) electrons. The molecule has 5 heteroatoms. The van der Waals surface area contributed by atoms with E-state index in [4.69, 9.17) is 4.74 Å². The van der Waals surface area contributed by atoms with Gasteiger partial charge in [0, 0.05) is 22.6 Å². The van der Waals surface area contributed by atoms with Gasteiger partial charge in [-0.2, -0.15) is 0 Å². The standard InChI is InChI=1S/C21H20BrNO3/c1-4-26-21(25)18-12-23(11-15-6-5-13(2)14(3)9-15)19-8-7-16(22)10-17(19)20(18)24/h5-10,12H,4,11H2,1-3H3. The maximum absolute atomic E-state index is 12.8. The van der Waals surface area contributed by atoms with Crippen LogP contribution < -0.4 is 5.43 Å². The third-order valence-corrected chi connectivity index (χ3v) is 4.96. The van der Waals surface area contributed by atoms with Crippen LogP contribution in [0.4, 0.5) is 0 Å². The quantitative estimate of drug-likeness (QED) is 0.586. The maximum atomic E-state index is 12.8. The molecule has 0 saturated heterocycles. The summed E-state index contributed by atoms with van der Waals surface area (Å²) in [6.07, 6.45) is 1.60. The van der Waals surface area contributed by atoms with E-state index < -0.39 is 5.97 Å². The van der Waals surface area contributed by atoms with E-state index in [0.717, 1.165) is 15.6 Å². The van der Waals surface area contributed by atoms with Crippen LogP contribution in [0.2, 0.25) is 0 Å². The lowest BCUT2D eigenvalue weighted by molar-refractivity contribution is 0.0524. The van der Waals surface area contributed by atoms with E-state index in [1.807, 2.05) is 16.7 Å². The second-order valence-electron chi connectivity index (χ2n) is 6.30. The van der Waals surface area contributed by atoms with Gasteiger partial charge in [-0.3, -0.25) is 4.79 Å². The minimum absolute atomic E-state index is 0.0567. The van der Waals surface area contributed by atoms with Crippen LogP contribution in [0.15, 0.2) is 51.9 Å². The number of rotatable bonds is 4. The molecule has 0 unspecified atom stereocenters. The Morgan fingerprint density at radius 3 is 2.58 bits per heavy atom. The van der Waals surface area contributed by atoms with Gasteiger partial charge in [0.25, 0.3) is 0 Å². The van der Waals surface area contributed by atoms with Crippen LogP contribution in [0.25, 0.3) is 10.9 Å². The van der Waals surface area contributed by atoms with E-state index in [-0.39, 0.29) is 17.6 Å². The molecule has 0 aliphatic heterocycles. The average Bonchev–Trinajstić information content (AvgIpc) is 2.60. The van der Waals surface area contributed by atoms with Crippen molar-refractivity contribution in [3.8, 4) is 0 Å². The summed E-state index contributed by atoms with van der Waals surface area (Å²) in [7, 11) is 0. The SMILES string of the molecule is CCOC(=O)c1cn(Cc2ccc(C)c(C)c2)c2ccc(Br)cc2c1=O. The van der Waals surface area contributed by atoms with E-state index in [1.54, 1.807) is 19.2 Å². The summed E-state index contributed by atoms with van der Waals surface area (Å²) >= 11 is 3.40. The molecule has 1 heterocycles. The van der Waals surface area contributed by atoms with Gasteiger partial charge >= 0.3 is 5.97 Å². The number of aryl methyl sites for hydroxylation is 2. The van der Waals surface area contributed by atoms with Gasteiger partial charge in [-0.15, -0.1) is 0 Å². The van der Waals surface area contributed by atoms with Crippen LogP contribution in [0, 0.1) is 13.8 Å². The topological polar surface area (TPSA) is 48.3 Å². The minimum Gasteiger partial charge on any atom is -0.462 e. The number of hydrogen-bond acceptors (Lipinski definition) is 3. The van der Waals surface area contributed by atoms with Crippen LogP contribution in [-0.2, 0) is 11.3 Å². The molecule has 134 valence electrons. The smallest absolute Gasteiger partial charge is 0.343 e. The van der Waals surface area contributed by atoms with Gasteiger partial charge in [-0.25, -0.2) is 4.79 Å². The Kier molecular flexibility index (Phi) is 5.28. The molecule has 3 rings (SSSR count). The van der Waals surface area contributed by atoms with Crippen molar-refractivity contribution in [2.24, 2.45) is 0 Å². The van der Waals surface area contributed by atoms with Gasteiger partial charge in [-0.1, -0.05) is 34.1 Å². The normalized spacial score (nSPS) is 10.9. The molecule has 2 aromatic carbocycles. The van der Waals surface area contributed by atoms with Gasteiger partial charge in [0.15, 0.2) is 0 Å². The Bertz CT molecular complexity index is 1050. The van der Waals surface area contributed by atoms with Crippen molar-refractivity contribution in [3.05, 3.63) is 79.5 Å². The number of carbonyl (C=O) groups is 1. The molecular formula is C21H20BrNO3. The van der Waals surface area contributed by atoms with Crippen LogP contribution >= 0.6 is 15.9 Å². The number of pyridine rings is 1. The Morgan fingerprint density at radius 1 is 1.12 bits per heavy atom. The van der Waals surface area contributed by atoms with E-state index in [1.165, 1.54) is 11.1 Å². The number of halogens is 1. The van der Waals surface area contributed by atoms with Crippen LogP contribution in [0.3, 0.4) is 0 Å². The maximum Gasteiger partial charge on any atom is 0.343 e. The highest BCUT2D eigenvalue weighted by atomic mass is 79.9. The first kappa shape index (κ1) is 18.4. The number of benzene rings is 2. The van der Waals surface area contributed by atoms with Gasteiger partial charge in [0.1, 0.15) is 5.56 Å². The lowest BCUT2D eigenvalue weighted by atomic mass is 10.1. The third kappa shape index (κ3) is 3.58. The van der Waals surface area contributed by atoms with E-state index in [0.29, 0.717) is 11.9 Å². The fraction of sp³-hybridized carbons (Fsp3) is 0.238. The highest BCUT2D eigenvalue weighted by molar-refractivity contribution is 9.10. The summed E-state index contributed by atoms with van der Waals surface area (Å²) in [5.41, 5.74) is 4.08. The number of fused-ring (bicyclic) bond motifs is 1. The lowest BCUT2D eigenvalue weighted by Crippen LogP contribution is -2.21. The summed E-state index contributed by atoms with van der Waals surface area (Å²) in [4.78, 5) is 25.0. The zero-order chi connectivity index (χ0) is 18.8. The summed E-state index contributed by atoms with van der Waals surface area (Å²) in [6.45, 7) is 6.66. The summed E-state index contributed by atoms with van der Waals surface area (Å²) in [6, 6.07) is 11.8. The summed E-state index contributed by atoms with van der Waals surface area (Å²) in [5, 5.41) is 0.494. The van der Waals surface area contributed by atoms with E-state index in [2.05, 4.69) is 48.0 Å². The highest BCUT2D eigenvalue weighted by Crippen LogP contribution is 2.20. The number of esters is 1. The number of aromatic nitrogens is 1. The molecule has 0 N–H and O–H groups in total. The van der Waals surface area contributed by atoms with Crippen molar-refractivity contribution >= 4 is 32.8 Å². The van der Waals surface area contributed by atoms with Crippen LogP contribution in [0.5, 0.6) is 0 Å². The molecule has 0 atom stereocenters. The van der Waals surface area contributed by atoms with Crippen molar-refractivity contribution < 1.29 is 9.53 Å². The van der Waals surface area contributed by atoms with Gasteiger partial charge in [-0.05, 0) is 55.7 Å². The molecule has 26 heavy (non-hydrogen) atoms. The predicted octanol–water partition coefficient (Wildman–Crippen LogP) is 4.61. The molecule has 0 fully saturated rings. The van der Waals surface area contributed by atoms with Crippen molar-refractivity contribution in [2.45, 2.75) is 27.3 Å². The van der Waals surface area contributed by atoms with E-state index >= 15 is 0 Å². The fourth-order valence-electron chi connectivity index (χ4n) is 2.95. The van der Waals surface area contributed by atoms with Crippen molar-refractivity contribution in [2.75, 3.05) is 6.61 Å². The predicted molar refractivity (Wildman–Crippen MR) is 107 cm³/mol. The third-order valence-electron chi connectivity index (χ3n) is 4.46. The molecular weight excluding hydrogens is 394 g/mol. The minimum atomic E-state index is -0.590. The summed E-state index contributed by atoms with van der Waals surface area (Å²) < 4.78 is 7.79. The Balaban J connectivity index is 2.19. The largest absolute Gasteiger partial charge is 0.462 e. The molecule has 0 amide bonds. The van der Waals surface area contributed by atoms with Crippen molar-refractivity contribution in [3.63, 3.8) is 0 Å². The molecule has 4 nitrogen and oxygen atoms in total. The fourth-order valence-corrected chi connectivity index (χ4v) is 3.31. The second kappa shape index (κ2) is 7.46. The number of carbonyl (C=O) groups excluding carboxylic acids is 1. The lowest BCUT2D eigenvalue weighted by Gasteiger charge is -2.14. The highest BCUT2D eigenvalue weighted by Gasteiger charge is 2.17. The number of nitrogens with zero attached hydrogens (tertiary/aromatic N) is 1.